The molecule has 94 valence electrons. The third-order valence-corrected chi connectivity index (χ3v) is 3.45. The quantitative estimate of drug-likeness (QED) is 0.493. The van der Waals surface area contributed by atoms with Crippen LogP contribution in [0.15, 0.2) is 0 Å². The number of fused-ring (bicyclic) bond motifs is 1. The lowest BCUT2D eigenvalue weighted by Crippen LogP contribution is -2.54. The van der Waals surface area contributed by atoms with Gasteiger partial charge in [-0.25, -0.2) is 0 Å². The average molecular weight is 226 g/mol. The summed E-state index contributed by atoms with van der Waals surface area (Å²) in [5, 5.41) is 14.4. The second-order valence-electron chi connectivity index (χ2n) is 7.22. The van der Waals surface area contributed by atoms with Crippen LogP contribution in [0.3, 0.4) is 0 Å². The highest BCUT2D eigenvalue weighted by atomic mass is 15.5. The van der Waals surface area contributed by atoms with Crippen LogP contribution in [0.5, 0.6) is 0 Å². The molecule has 2 rings (SSSR count). The Morgan fingerprint density at radius 3 is 1.00 bits per heavy atom. The molecule has 4 N–H and O–H groups in total. The van der Waals surface area contributed by atoms with Crippen LogP contribution in [0, 0.1) is 10.8 Å². The van der Waals surface area contributed by atoms with Crippen LogP contribution in [0.4, 0.5) is 0 Å². The molecule has 2 heterocycles. The Labute approximate surface area is 98.9 Å². The lowest BCUT2D eigenvalue weighted by molar-refractivity contribution is 0.210. The summed E-state index contributed by atoms with van der Waals surface area (Å²) in [4.78, 5) is 0. The van der Waals surface area contributed by atoms with Gasteiger partial charge in [0.25, 0.3) is 0 Å². The van der Waals surface area contributed by atoms with Crippen LogP contribution >= 0.6 is 0 Å². The van der Waals surface area contributed by atoms with Gasteiger partial charge in [0.1, 0.15) is 0 Å². The predicted molar refractivity (Wildman–Crippen MR) is 66.6 cm³/mol. The Hall–Kier alpha value is -0.160. The molecule has 4 nitrogen and oxygen atoms in total. The molecular weight excluding hydrogens is 200 g/mol. The number of rotatable bonds is 0. The highest BCUT2D eigenvalue weighted by Crippen LogP contribution is 2.26. The van der Waals surface area contributed by atoms with Gasteiger partial charge in [0.15, 0.2) is 0 Å². The fraction of sp³-hybridized carbons (Fsp3) is 1.00. The fourth-order valence-corrected chi connectivity index (χ4v) is 2.30. The van der Waals surface area contributed by atoms with E-state index in [-0.39, 0.29) is 10.8 Å². The van der Waals surface area contributed by atoms with E-state index >= 15 is 0 Å². The lowest BCUT2D eigenvalue weighted by Gasteiger charge is -2.32. The van der Waals surface area contributed by atoms with Crippen LogP contribution < -0.4 is 21.3 Å². The number of nitrogens with one attached hydrogen (secondary N) is 4. The van der Waals surface area contributed by atoms with Crippen molar-refractivity contribution in [2.75, 3.05) is 0 Å². The van der Waals surface area contributed by atoms with Crippen molar-refractivity contribution in [3.05, 3.63) is 0 Å². The molecule has 0 aromatic carbocycles. The Bertz CT molecular complexity index is 223. The summed E-state index contributed by atoms with van der Waals surface area (Å²) in [6.45, 7) is 13.5. The van der Waals surface area contributed by atoms with Gasteiger partial charge in [0, 0.05) is 0 Å². The molecule has 0 unspecified atom stereocenters. The SMILES string of the molecule is CC(C)(C)C1NC2NC(C(C)(C)C)NC2N1. The van der Waals surface area contributed by atoms with Gasteiger partial charge in [-0.15, -0.1) is 0 Å². The Morgan fingerprint density at radius 2 is 0.812 bits per heavy atom. The molecule has 0 aliphatic carbocycles. The number of hydrogen-bond donors (Lipinski definition) is 4. The third-order valence-electron chi connectivity index (χ3n) is 3.45. The van der Waals surface area contributed by atoms with E-state index < -0.39 is 0 Å². The molecule has 4 heteroatoms. The zero-order valence-electron chi connectivity index (χ0n) is 11.3. The molecule has 0 atom stereocenters. The van der Waals surface area contributed by atoms with E-state index in [0.29, 0.717) is 24.7 Å². The Kier molecular flexibility index (Phi) is 2.82. The summed E-state index contributed by atoms with van der Waals surface area (Å²) in [5.41, 5.74) is 0.482. The maximum Gasteiger partial charge on any atom is 0.0891 e. The van der Waals surface area contributed by atoms with Crippen LogP contribution in [0.25, 0.3) is 0 Å². The van der Waals surface area contributed by atoms with E-state index in [0.717, 1.165) is 0 Å². The maximum atomic E-state index is 3.61. The highest BCUT2D eigenvalue weighted by Gasteiger charge is 2.46. The molecular formula is C12H26N4. The van der Waals surface area contributed by atoms with Crippen molar-refractivity contribution in [2.24, 2.45) is 10.8 Å². The van der Waals surface area contributed by atoms with Gasteiger partial charge in [0.2, 0.25) is 0 Å². The first kappa shape index (κ1) is 12.3. The molecule has 0 aromatic heterocycles. The maximum absolute atomic E-state index is 3.61. The van der Waals surface area contributed by atoms with Gasteiger partial charge < -0.3 is 0 Å². The lowest BCUT2D eigenvalue weighted by atomic mass is 9.92. The van der Waals surface area contributed by atoms with Gasteiger partial charge in [-0.1, -0.05) is 41.5 Å². The topological polar surface area (TPSA) is 48.1 Å². The van der Waals surface area contributed by atoms with Gasteiger partial charge >= 0.3 is 0 Å². The van der Waals surface area contributed by atoms with Crippen LogP contribution in [0.1, 0.15) is 41.5 Å². The number of hydrogen-bond acceptors (Lipinski definition) is 4. The average Bonchev–Trinajstić information content (AvgIpc) is 2.53. The van der Waals surface area contributed by atoms with E-state index in [1.54, 1.807) is 0 Å². The molecule has 0 saturated carbocycles. The normalized spacial score (nSPS) is 40.1. The van der Waals surface area contributed by atoms with Crippen LogP contribution in [-0.4, -0.2) is 24.7 Å². The molecule has 2 aliphatic heterocycles. The third kappa shape index (κ3) is 2.25. The molecule has 16 heavy (non-hydrogen) atoms. The minimum atomic E-state index is 0.241. The first-order chi connectivity index (χ1) is 7.18. The molecule has 0 aromatic rings. The van der Waals surface area contributed by atoms with Gasteiger partial charge in [0.05, 0.1) is 24.7 Å². The molecule has 2 aliphatic rings. The molecule has 0 amide bonds. The predicted octanol–water partition coefficient (Wildman–Crippen LogP) is 0.769. The largest absolute Gasteiger partial charge is 0.284 e. The summed E-state index contributed by atoms with van der Waals surface area (Å²) in [6, 6.07) is 0. The summed E-state index contributed by atoms with van der Waals surface area (Å²) >= 11 is 0. The van der Waals surface area contributed by atoms with Crippen molar-refractivity contribution in [1.82, 2.24) is 21.3 Å². The Balaban J connectivity index is 1.96. The van der Waals surface area contributed by atoms with Crippen molar-refractivity contribution in [1.29, 1.82) is 0 Å². The van der Waals surface area contributed by atoms with Crippen molar-refractivity contribution < 1.29 is 0 Å². The molecule has 0 bridgehead atoms. The Morgan fingerprint density at radius 1 is 0.562 bits per heavy atom. The highest BCUT2D eigenvalue weighted by molar-refractivity contribution is 5.02. The monoisotopic (exact) mass is 226 g/mol. The van der Waals surface area contributed by atoms with Crippen molar-refractivity contribution in [3.8, 4) is 0 Å². The summed E-state index contributed by atoms with van der Waals surface area (Å²) in [6.07, 6.45) is 1.41. The van der Waals surface area contributed by atoms with E-state index in [1.165, 1.54) is 0 Å². The summed E-state index contributed by atoms with van der Waals surface area (Å²) < 4.78 is 0. The second kappa shape index (κ2) is 3.67. The van der Waals surface area contributed by atoms with Crippen molar-refractivity contribution >= 4 is 0 Å². The van der Waals surface area contributed by atoms with Crippen LogP contribution in [0.2, 0.25) is 0 Å². The zero-order chi connectivity index (χ0) is 12.1. The molecule has 2 saturated heterocycles. The van der Waals surface area contributed by atoms with Gasteiger partial charge in [-0.05, 0) is 10.8 Å². The van der Waals surface area contributed by atoms with E-state index in [2.05, 4.69) is 62.8 Å². The van der Waals surface area contributed by atoms with Gasteiger partial charge in [-0.2, -0.15) is 0 Å². The smallest absolute Gasteiger partial charge is 0.0891 e. The standard InChI is InChI=1S/C12H26N4/c1-11(2,3)9-13-7-8(14-9)16-10(15-7)12(4,5)6/h7-10,13-16H,1-6H3. The minimum Gasteiger partial charge on any atom is -0.284 e. The zero-order valence-corrected chi connectivity index (χ0v) is 11.3. The second-order valence-corrected chi connectivity index (χ2v) is 7.22. The van der Waals surface area contributed by atoms with E-state index in [1.807, 2.05) is 0 Å². The van der Waals surface area contributed by atoms with Crippen molar-refractivity contribution in [2.45, 2.75) is 66.2 Å². The first-order valence-corrected chi connectivity index (χ1v) is 6.22. The molecule has 0 spiro atoms. The van der Waals surface area contributed by atoms with Crippen LogP contribution in [-0.2, 0) is 0 Å². The molecule has 0 radical (unpaired) electrons. The van der Waals surface area contributed by atoms with Crippen molar-refractivity contribution in [3.63, 3.8) is 0 Å². The van der Waals surface area contributed by atoms with Gasteiger partial charge in [-0.3, -0.25) is 21.3 Å². The molecule has 2 fully saturated rings. The van der Waals surface area contributed by atoms with E-state index in [9.17, 15) is 0 Å². The minimum absolute atomic E-state index is 0.241. The first-order valence-electron chi connectivity index (χ1n) is 6.22. The van der Waals surface area contributed by atoms with E-state index in [4.69, 9.17) is 0 Å². The summed E-state index contributed by atoms with van der Waals surface area (Å²) in [7, 11) is 0. The fourth-order valence-electron chi connectivity index (χ4n) is 2.30. The summed E-state index contributed by atoms with van der Waals surface area (Å²) in [5.74, 6) is 0.